The summed E-state index contributed by atoms with van der Waals surface area (Å²) < 4.78 is 0. The lowest BCUT2D eigenvalue weighted by molar-refractivity contribution is 0.483. The molecule has 3 nitrogen and oxygen atoms in total. The van der Waals surface area contributed by atoms with Crippen molar-refractivity contribution < 1.29 is 0 Å². The molecule has 1 aromatic heterocycles. The van der Waals surface area contributed by atoms with E-state index in [2.05, 4.69) is 43.3 Å². The zero-order valence-corrected chi connectivity index (χ0v) is 11.5. The highest BCUT2D eigenvalue weighted by molar-refractivity contribution is 5.45. The van der Waals surface area contributed by atoms with E-state index in [1.807, 2.05) is 18.2 Å². The van der Waals surface area contributed by atoms with E-state index in [-0.39, 0.29) is 0 Å². The van der Waals surface area contributed by atoms with Crippen LogP contribution in [-0.4, -0.2) is 17.6 Å². The Balaban J connectivity index is 2.52. The van der Waals surface area contributed by atoms with Crippen molar-refractivity contribution in [1.29, 1.82) is 0 Å². The van der Waals surface area contributed by atoms with Gasteiger partial charge in [-0.05, 0) is 38.3 Å². The smallest absolute Gasteiger partial charge is 0.128 e. The fourth-order valence-electron chi connectivity index (χ4n) is 1.88. The average molecular weight is 235 g/mol. The van der Waals surface area contributed by atoms with E-state index in [0.717, 1.165) is 24.1 Å². The lowest BCUT2D eigenvalue weighted by atomic mass is 10.0. The molecule has 0 aliphatic carbocycles. The lowest BCUT2D eigenvalue weighted by Crippen LogP contribution is -2.19. The first-order valence-corrected chi connectivity index (χ1v) is 6.63. The minimum Gasteiger partial charge on any atom is -0.370 e. The summed E-state index contributed by atoms with van der Waals surface area (Å²) in [4.78, 5) is 4.51. The molecule has 2 atom stereocenters. The van der Waals surface area contributed by atoms with Gasteiger partial charge in [0.15, 0.2) is 0 Å². The zero-order valence-electron chi connectivity index (χ0n) is 11.5. The number of anilines is 2. The molecular weight excluding hydrogens is 210 g/mol. The maximum atomic E-state index is 4.51. The van der Waals surface area contributed by atoms with Crippen molar-refractivity contribution in [3.8, 4) is 0 Å². The van der Waals surface area contributed by atoms with E-state index in [4.69, 9.17) is 0 Å². The van der Waals surface area contributed by atoms with Gasteiger partial charge >= 0.3 is 0 Å². The molecule has 96 valence electrons. The molecule has 0 amide bonds. The summed E-state index contributed by atoms with van der Waals surface area (Å²) in [5.74, 6) is 2.65. The highest BCUT2D eigenvalue weighted by atomic mass is 15.1. The fraction of sp³-hybridized carbons (Fsp3) is 0.643. The molecule has 17 heavy (non-hydrogen) atoms. The standard InChI is InChI=1S/C14H25N3/c1-5-11(3)10-12(4)16-14-9-7-8-13(17-14)15-6-2/h7-9,11-12H,5-6,10H2,1-4H3,(H2,15,16,17). The van der Waals surface area contributed by atoms with Gasteiger partial charge in [-0.25, -0.2) is 4.98 Å². The van der Waals surface area contributed by atoms with E-state index in [1.54, 1.807) is 0 Å². The maximum Gasteiger partial charge on any atom is 0.128 e. The Morgan fingerprint density at radius 2 is 1.88 bits per heavy atom. The van der Waals surface area contributed by atoms with E-state index >= 15 is 0 Å². The van der Waals surface area contributed by atoms with Crippen LogP contribution in [-0.2, 0) is 0 Å². The molecule has 0 bridgehead atoms. The fourth-order valence-corrected chi connectivity index (χ4v) is 1.88. The van der Waals surface area contributed by atoms with Crippen LogP contribution in [0.4, 0.5) is 11.6 Å². The van der Waals surface area contributed by atoms with Gasteiger partial charge in [-0.3, -0.25) is 0 Å². The van der Waals surface area contributed by atoms with Crippen LogP contribution in [0.3, 0.4) is 0 Å². The SMILES string of the molecule is CCNc1cccc(NC(C)CC(C)CC)n1. The Hall–Kier alpha value is -1.25. The van der Waals surface area contributed by atoms with E-state index < -0.39 is 0 Å². The summed E-state index contributed by atoms with van der Waals surface area (Å²) >= 11 is 0. The number of rotatable bonds is 7. The number of aromatic nitrogens is 1. The summed E-state index contributed by atoms with van der Waals surface area (Å²) in [6.07, 6.45) is 2.42. The van der Waals surface area contributed by atoms with Crippen molar-refractivity contribution >= 4 is 11.6 Å². The third-order valence-corrected chi connectivity index (χ3v) is 2.95. The second kappa shape index (κ2) is 7.15. The second-order valence-electron chi connectivity index (χ2n) is 4.73. The highest BCUT2D eigenvalue weighted by Gasteiger charge is 2.07. The van der Waals surface area contributed by atoms with Gasteiger partial charge < -0.3 is 10.6 Å². The maximum absolute atomic E-state index is 4.51. The topological polar surface area (TPSA) is 37.0 Å². The summed E-state index contributed by atoms with van der Waals surface area (Å²) in [5.41, 5.74) is 0. The van der Waals surface area contributed by atoms with Crippen LogP contribution in [0.1, 0.15) is 40.5 Å². The Kier molecular flexibility index (Phi) is 5.81. The molecule has 1 rings (SSSR count). The van der Waals surface area contributed by atoms with Crippen LogP contribution in [0.2, 0.25) is 0 Å². The van der Waals surface area contributed by atoms with E-state index in [1.165, 1.54) is 12.8 Å². The Morgan fingerprint density at radius 1 is 1.18 bits per heavy atom. The zero-order chi connectivity index (χ0) is 12.7. The number of hydrogen-bond acceptors (Lipinski definition) is 3. The van der Waals surface area contributed by atoms with Crippen molar-refractivity contribution in [2.45, 2.75) is 46.6 Å². The molecule has 2 N–H and O–H groups in total. The molecule has 1 aromatic rings. The predicted octanol–water partition coefficient (Wildman–Crippen LogP) is 3.75. The number of nitrogens with one attached hydrogen (secondary N) is 2. The van der Waals surface area contributed by atoms with Crippen molar-refractivity contribution in [2.24, 2.45) is 5.92 Å². The molecule has 0 radical (unpaired) electrons. The molecule has 0 spiro atoms. The Morgan fingerprint density at radius 3 is 2.53 bits per heavy atom. The summed E-state index contributed by atoms with van der Waals surface area (Å²) in [6.45, 7) is 9.72. The Labute approximate surface area is 105 Å². The molecule has 0 saturated carbocycles. The Bertz CT molecular complexity index is 325. The molecule has 0 aromatic carbocycles. The van der Waals surface area contributed by atoms with Crippen molar-refractivity contribution in [2.75, 3.05) is 17.2 Å². The van der Waals surface area contributed by atoms with E-state index in [0.29, 0.717) is 6.04 Å². The molecule has 0 saturated heterocycles. The molecule has 0 fully saturated rings. The van der Waals surface area contributed by atoms with Gasteiger partial charge in [-0.2, -0.15) is 0 Å². The molecule has 0 aliphatic heterocycles. The summed E-state index contributed by atoms with van der Waals surface area (Å²) in [7, 11) is 0. The van der Waals surface area contributed by atoms with Gasteiger partial charge in [0.2, 0.25) is 0 Å². The largest absolute Gasteiger partial charge is 0.370 e. The first-order valence-electron chi connectivity index (χ1n) is 6.63. The third kappa shape index (κ3) is 5.07. The predicted molar refractivity (Wildman–Crippen MR) is 75.6 cm³/mol. The third-order valence-electron chi connectivity index (χ3n) is 2.95. The van der Waals surface area contributed by atoms with Crippen molar-refractivity contribution in [3.05, 3.63) is 18.2 Å². The molecule has 0 aliphatic rings. The summed E-state index contributed by atoms with van der Waals surface area (Å²) in [5, 5.41) is 6.68. The second-order valence-corrected chi connectivity index (χ2v) is 4.73. The molecule has 1 heterocycles. The van der Waals surface area contributed by atoms with Gasteiger partial charge in [-0.15, -0.1) is 0 Å². The van der Waals surface area contributed by atoms with E-state index in [9.17, 15) is 0 Å². The van der Waals surface area contributed by atoms with Crippen LogP contribution in [0.25, 0.3) is 0 Å². The summed E-state index contributed by atoms with van der Waals surface area (Å²) in [6, 6.07) is 6.51. The van der Waals surface area contributed by atoms with Crippen LogP contribution < -0.4 is 10.6 Å². The van der Waals surface area contributed by atoms with Crippen molar-refractivity contribution in [1.82, 2.24) is 4.98 Å². The quantitative estimate of drug-likeness (QED) is 0.755. The van der Waals surface area contributed by atoms with Gasteiger partial charge in [0.05, 0.1) is 0 Å². The van der Waals surface area contributed by atoms with Crippen molar-refractivity contribution in [3.63, 3.8) is 0 Å². The van der Waals surface area contributed by atoms with Crippen LogP contribution in [0, 0.1) is 5.92 Å². The highest BCUT2D eigenvalue weighted by Crippen LogP contribution is 2.15. The lowest BCUT2D eigenvalue weighted by Gasteiger charge is -2.18. The van der Waals surface area contributed by atoms with Crippen LogP contribution in [0.15, 0.2) is 18.2 Å². The van der Waals surface area contributed by atoms with Gasteiger partial charge in [0, 0.05) is 12.6 Å². The number of pyridine rings is 1. The number of nitrogens with zero attached hydrogens (tertiary/aromatic N) is 1. The normalized spacial score (nSPS) is 14.1. The van der Waals surface area contributed by atoms with Gasteiger partial charge in [-0.1, -0.05) is 26.3 Å². The van der Waals surface area contributed by atoms with Gasteiger partial charge in [0.25, 0.3) is 0 Å². The average Bonchev–Trinajstić information content (AvgIpc) is 2.29. The number of hydrogen-bond donors (Lipinski definition) is 2. The molecular formula is C14H25N3. The van der Waals surface area contributed by atoms with Crippen LogP contribution in [0.5, 0.6) is 0 Å². The van der Waals surface area contributed by atoms with Gasteiger partial charge in [0.1, 0.15) is 11.6 Å². The molecule has 3 heteroatoms. The first kappa shape index (κ1) is 13.8. The molecule has 2 unspecified atom stereocenters. The minimum atomic E-state index is 0.467. The van der Waals surface area contributed by atoms with Crippen LogP contribution >= 0.6 is 0 Å². The minimum absolute atomic E-state index is 0.467. The first-order chi connectivity index (χ1) is 8.15. The monoisotopic (exact) mass is 235 g/mol.